The molecule has 0 saturated heterocycles. The van der Waals surface area contributed by atoms with Gasteiger partial charge < -0.3 is 16.1 Å². The van der Waals surface area contributed by atoms with Gasteiger partial charge in [0.15, 0.2) is 5.54 Å². The molecule has 1 fully saturated rings. The molecule has 0 radical (unpaired) electrons. The second-order valence-corrected chi connectivity index (χ2v) is 11.9. The summed E-state index contributed by atoms with van der Waals surface area (Å²) in [6.07, 6.45) is 4.26. The van der Waals surface area contributed by atoms with Crippen LogP contribution in [-0.4, -0.2) is 33.2 Å². The number of benzene rings is 1. The smallest absolute Gasteiger partial charge is 0.383 e. The van der Waals surface area contributed by atoms with E-state index in [1.165, 1.54) is 6.20 Å². The minimum atomic E-state index is -4.43. The quantitative estimate of drug-likeness (QED) is 0.265. The van der Waals surface area contributed by atoms with Crippen molar-refractivity contribution in [2.24, 2.45) is 5.41 Å². The van der Waals surface area contributed by atoms with Gasteiger partial charge in [0, 0.05) is 41.3 Å². The molecule has 1 aromatic carbocycles. The molecule has 12 heteroatoms. The van der Waals surface area contributed by atoms with Crippen LogP contribution >= 0.6 is 0 Å². The van der Waals surface area contributed by atoms with Gasteiger partial charge in [-0.25, -0.2) is 4.98 Å². The molecule has 43 heavy (non-hydrogen) atoms. The Morgan fingerprint density at radius 2 is 1.88 bits per heavy atom. The van der Waals surface area contributed by atoms with Gasteiger partial charge in [0.2, 0.25) is 0 Å². The molecule has 220 valence electrons. The van der Waals surface area contributed by atoms with E-state index >= 15 is 0 Å². The first-order valence-electron chi connectivity index (χ1n) is 13.6. The predicted molar refractivity (Wildman–Crippen MR) is 157 cm³/mol. The van der Waals surface area contributed by atoms with E-state index in [-0.39, 0.29) is 29.5 Å². The van der Waals surface area contributed by atoms with Gasteiger partial charge in [0.05, 0.1) is 34.1 Å². The number of halogens is 3. The van der Waals surface area contributed by atoms with Crippen LogP contribution < -0.4 is 21.6 Å². The van der Waals surface area contributed by atoms with E-state index in [1.807, 2.05) is 12.1 Å². The molecule has 0 unspecified atom stereocenters. The zero-order valence-corrected chi connectivity index (χ0v) is 24.1. The van der Waals surface area contributed by atoms with Crippen LogP contribution in [0.25, 0.3) is 10.9 Å². The summed E-state index contributed by atoms with van der Waals surface area (Å²) in [6, 6.07) is 10.2. The first-order valence-corrected chi connectivity index (χ1v) is 13.6. The molecule has 0 spiro atoms. The molecule has 1 aliphatic carbocycles. The number of aromatic nitrogens is 2. The maximum Gasteiger partial charge on any atom is 0.413 e. The first-order chi connectivity index (χ1) is 20.3. The second kappa shape index (κ2) is 10.7. The van der Waals surface area contributed by atoms with Crippen molar-refractivity contribution in [2.45, 2.75) is 58.3 Å². The number of terminal acetylenes is 1. The molecule has 1 aliphatic heterocycles. The lowest BCUT2D eigenvalue weighted by atomic mass is 9.96. The molecule has 0 amide bonds. The maximum atomic E-state index is 13.9. The average molecular weight is 586 g/mol. The molecule has 3 heterocycles. The number of nitriles is 2. The zero-order chi connectivity index (χ0) is 31.2. The number of anilines is 2. The third-order valence-electron chi connectivity index (χ3n) is 7.52. The van der Waals surface area contributed by atoms with Gasteiger partial charge in [-0.3, -0.25) is 9.99 Å². The van der Waals surface area contributed by atoms with Gasteiger partial charge in [-0.15, -0.1) is 12.0 Å². The van der Waals surface area contributed by atoms with Crippen molar-refractivity contribution in [2.75, 3.05) is 17.2 Å². The number of fused-ring (bicyclic) bond motifs is 1. The highest BCUT2D eigenvalue weighted by Crippen LogP contribution is 2.53. The summed E-state index contributed by atoms with van der Waals surface area (Å²) in [7, 11) is 0. The number of hydrazine groups is 2. The lowest BCUT2D eigenvalue weighted by molar-refractivity contribution is -0.195. The molecule has 4 N–H and O–H groups in total. The Morgan fingerprint density at radius 1 is 1.14 bits per heavy atom. The molecule has 2 aromatic heterocycles. The minimum Gasteiger partial charge on any atom is -0.383 e. The number of hydrogen-bond donors (Lipinski definition) is 4. The van der Waals surface area contributed by atoms with Crippen LogP contribution in [-0.2, 0) is 0 Å². The van der Waals surface area contributed by atoms with Crippen molar-refractivity contribution in [3.63, 3.8) is 0 Å². The molecule has 0 bridgehead atoms. The molecule has 9 nitrogen and oxygen atoms in total. The molecular weight excluding hydrogens is 555 g/mol. The van der Waals surface area contributed by atoms with E-state index in [9.17, 15) is 23.7 Å². The van der Waals surface area contributed by atoms with Crippen LogP contribution in [0.2, 0.25) is 0 Å². The summed E-state index contributed by atoms with van der Waals surface area (Å²) in [5.41, 5.74) is 7.68. The lowest BCUT2D eigenvalue weighted by Crippen LogP contribution is -2.52. The monoisotopic (exact) mass is 585 g/mol. The fraction of sp³-hybridized carbons (Fsp3) is 0.355. The van der Waals surface area contributed by atoms with Gasteiger partial charge in [-0.1, -0.05) is 32.8 Å². The Hall–Kier alpha value is -4.99. The van der Waals surface area contributed by atoms with Crippen molar-refractivity contribution in [1.29, 1.82) is 10.5 Å². The van der Waals surface area contributed by atoms with Gasteiger partial charge in [0.1, 0.15) is 17.8 Å². The summed E-state index contributed by atoms with van der Waals surface area (Å²) in [6.45, 7) is 8.56. The van der Waals surface area contributed by atoms with E-state index < -0.39 is 17.8 Å². The maximum absolute atomic E-state index is 13.9. The molecule has 1 atom stereocenters. The second-order valence-electron chi connectivity index (χ2n) is 11.9. The van der Waals surface area contributed by atoms with Crippen LogP contribution in [0, 0.1) is 47.3 Å². The summed E-state index contributed by atoms with van der Waals surface area (Å²) < 4.78 is 41.7. The number of hydrogen-bond acceptors (Lipinski definition) is 9. The van der Waals surface area contributed by atoms with Crippen LogP contribution in [0.3, 0.4) is 0 Å². The zero-order valence-electron chi connectivity index (χ0n) is 24.1. The normalized spacial score (nSPS) is 16.4. The summed E-state index contributed by atoms with van der Waals surface area (Å²) in [5, 5.41) is 27.9. The van der Waals surface area contributed by atoms with Crippen LogP contribution in [0.5, 0.6) is 0 Å². The number of alkyl halides is 3. The van der Waals surface area contributed by atoms with Gasteiger partial charge in [0.25, 0.3) is 0 Å². The Balaban J connectivity index is 1.62. The minimum absolute atomic E-state index is 0.0322. The molecule has 5 rings (SSSR count). The Labute approximate surface area is 247 Å². The van der Waals surface area contributed by atoms with Crippen molar-refractivity contribution in [3.8, 4) is 24.5 Å². The van der Waals surface area contributed by atoms with Crippen molar-refractivity contribution in [1.82, 2.24) is 25.9 Å². The van der Waals surface area contributed by atoms with Crippen molar-refractivity contribution >= 4 is 22.3 Å². The fourth-order valence-electron chi connectivity index (χ4n) is 5.04. The van der Waals surface area contributed by atoms with Crippen LogP contribution in [0.4, 0.5) is 24.5 Å². The summed E-state index contributed by atoms with van der Waals surface area (Å²) in [5.74, 6) is 2.66. The van der Waals surface area contributed by atoms with Gasteiger partial charge >= 0.3 is 6.18 Å². The van der Waals surface area contributed by atoms with Crippen molar-refractivity contribution < 1.29 is 13.2 Å². The van der Waals surface area contributed by atoms with Crippen LogP contribution in [0.15, 0.2) is 42.4 Å². The first kappa shape index (κ1) is 29.5. The Morgan fingerprint density at radius 3 is 2.47 bits per heavy atom. The van der Waals surface area contributed by atoms with E-state index in [0.29, 0.717) is 51.3 Å². The van der Waals surface area contributed by atoms with Crippen LogP contribution in [0.1, 0.15) is 67.7 Å². The average Bonchev–Trinajstić information content (AvgIpc) is 3.65. The number of rotatable bonds is 7. The van der Waals surface area contributed by atoms with E-state index in [2.05, 4.69) is 64.3 Å². The number of nitrogens with zero attached hydrogens (tertiary/aromatic N) is 5. The molecule has 1 saturated carbocycles. The third kappa shape index (κ3) is 5.60. The highest BCUT2D eigenvalue weighted by Gasteiger charge is 2.67. The van der Waals surface area contributed by atoms with E-state index in [4.69, 9.17) is 6.42 Å². The third-order valence-corrected chi connectivity index (χ3v) is 7.52. The fourth-order valence-corrected chi connectivity index (χ4v) is 5.04. The number of nitrogens with one attached hydrogen (secondary N) is 4. The number of aryl methyl sites for hydroxylation is 1. The topological polar surface area (TPSA) is 125 Å². The molecular formula is C31H30F3N9. The number of pyridine rings is 2. The highest BCUT2D eigenvalue weighted by molar-refractivity contribution is 5.99. The SMILES string of the molecule is C#Cc1cnc2c(C#N)cc(N[C@H](C3=CN(C4(C(F)(F)F)CC4)NN3)c3ccc(C#N)nc3C)cc2c1NCC(C)(C)C. The van der Waals surface area contributed by atoms with E-state index in [1.54, 1.807) is 31.3 Å². The van der Waals surface area contributed by atoms with E-state index in [0.717, 1.165) is 5.01 Å². The lowest BCUT2D eigenvalue weighted by Gasteiger charge is -2.28. The largest absolute Gasteiger partial charge is 0.413 e. The Bertz CT molecular complexity index is 1750. The Kier molecular flexibility index (Phi) is 7.33. The summed E-state index contributed by atoms with van der Waals surface area (Å²) in [4.78, 5) is 8.81. The standard InChI is InChI=1S/C31H30F3N9/c1-6-19-15-37-27-20(13-35)11-22(12-24(27)26(19)38-17-29(3,4)5)40-28(23-8-7-21(14-36)39-18(23)2)25-16-43(42-41-25)30(9-10-30)31(32,33)34/h1,7-8,11-12,15-16,28,40-42H,9-10,17H2,2-5H3,(H,37,38)/t28-/m0/s1. The van der Waals surface area contributed by atoms with Gasteiger partial charge in [-0.05, 0) is 43.4 Å². The molecule has 3 aromatic rings. The highest BCUT2D eigenvalue weighted by atomic mass is 19.4. The summed E-state index contributed by atoms with van der Waals surface area (Å²) >= 11 is 0. The predicted octanol–water partition coefficient (Wildman–Crippen LogP) is 5.54. The molecule has 2 aliphatic rings. The van der Waals surface area contributed by atoms with Gasteiger partial charge in [-0.2, -0.15) is 23.7 Å². The van der Waals surface area contributed by atoms with Crippen molar-refractivity contribution in [3.05, 3.63) is 70.4 Å².